The Hall–Kier alpha value is -3.39. The lowest BCUT2D eigenvalue weighted by Gasteiger charge is -2.09. The Morgan fingerprint density at radius 2 is 1.85 bits per heavy atom. The van der Waals surface area contributed by atoms with Gasteiger partial charge in [-0.15, -0.1) is 11.3 Å². The fourth-order valence-corrected chi connectivity index (χ4v) is 3.24. The number of pyridine rings is 1. The molecule has 8 heteroatoms. The zero-order valence-corrected chi connectivity index (χ0v) is 15.0. The molecular weight excluding hydrogens is 362 g/mol. The molecule has 0 bridgehead atoms. The predicted molar refractivity (Wildman–Crippen MR) is 103 cm³/mol. The van der Waals surface area contributed by atoms with Crippen molar-refractivity contribution in [2.75, 3.05) is 13.2 Å². The summed E-state index contributed by atoms with van der Waals surface area (Å²) in [4.78, 5) is 29.1. The number of benzene rings is 1. The van der Waals surface area contributed by atoms with Crippen molar-refractivity contribution in [3.05, 3.63) is 66.1 Å². The van der Waals surface area contributed by atoms with Gasteiger partial charge in [-0.05, 0) is 18.2 Å². The summed E-state index contributed by atoms with van der Waals surface area (Å²) in [6, 6.07) is 11.4. The molecule has 4 aromatic rings. The van der Waals surface area contributed by atoms with Gasteiger partial charge in [0.15, 0.2) is 10.8 Å². The SMILES string of the molecule is O=C(NCCOc1cccc2cccnc12)c1csc(-c2ncccn2)n1. The Balaban J connectivity index is 1.33. The number of carbonyl (C=O) groups excluding carboxylic acids is 1. The average molecular weight is 377 g/mol. The van der Waals surface area contributed by atoms with E-state index in [1.165, 1.54) is 11.3 Å². The highest BCUT2D eigenvalue weighted by Gasteiger charge is 2.13. The quantitative estimate of drug-likeness (QED) is 0.520. The molecule has 0 aliphatic carbocycles. The van der Waals surface area contributed by atoms with Gasteiger partial charge in [0, 0.05) is 29.4 Å². The summed E-state index contributed by atoms with van der Waals surface area (Å²) in [7, 11) is 0. The fourth-order valence-electron chi connectivity index (χ4n) is 2.50. The summed E-state index contributed by atoms with van der Waals surface area (Å²) in [6.07, 6.45) is 5.01. The van der Waals surface area contributed by atoms with Crippen molar-refractivity contribution in [3.63, 3.8) is 0 Å². The fraction of sp³-hybridized carbons (Fsp3) is 0.105. The molecule has 0 atom stereocenters. The summed E-state index contributed by atoms with van der Waals surface area (Å²) >= 11 is 1.33. The number of rotatable bonds is 6. The van der Waals surface area contributed by atoms with Gasteiger partial charge in [0.05, 0.1) is 6.54 Å². The number of aromatic nitrogens is 4. The van der Waals surface area contributed by atoms with Gasteiger partial charge in [-0.3, -0.25) is 9.78 Å². The second-order valence-corrected chi connectivity index (χ2v) is 6.40. The maximum absolute atomic E-state index is 12.2. The highest BCUT2D eigenvalue weighted by Crippen LogP contribution is 2.22. The van der Waals surface area contributed by atoms with Crippen molar-refractivity contribution < 1.29 is 9.53 Å². The molecule has 4 rings (SSSR count). The van der Waals surface area contributed by atoms with Crippen LogP contribution >= 0.6 is 11.3 Å². The molecule has 1 amide bonds. The van der Waals surface area contributed by atoms with Crippen molar-refractivity contribution >= 4 is 28.1 Å². The third kappa shape index (κ3) is 3.90. The Morgan fingerprint density at radius 1 is 1.04 bits per heavy atom. The van der Waals surface area contributed by atoms with E-state index in [1.807, 2.05) is 30.3 Å². The molecule has 0 spiro atoms. The number of para-hydroxylation sites is 1. The first-order valence-electron chi connectivity index (χ1n) is 8.29. The van der Waals surface area contributed by atoms with Crippen LogP contribution in [0.4, 0.5) is 0 Å². The average Bonchev–Trinajstić information content (AvgIpc) is 3.22. The number of nitrogens with zero attached hydrogens (tertiary/aromatic N) is 4. The minimum atomic E-state index is -0.256. The second kappa shape index (κ2) is 7.88. The number of ether oxygens (including phenoxy) is 1. The lowest BCUT2D eigenvalue weighted by Crippen LogP contribution is -2.28. The highest BCUT2D eigenvalue weighted by atomic mass is 32.1. The Morgan fingerprint density at radius 3 is 2.74 bits per heavy atom. The molecule has 0 aliphatic heterocycles. The summed E-state index contributed by atoms with van der Waals surface area (Å²) in [5.41, 5.74) is 1.15. The molecule has 27 heavy (non-hydrogen) atoms. The van der Waals surface area contributed by atoms with E-state index < -0.39 is 0 Å². The summed E-state index contributed by atoms with van der Waals surface area (Å²) in [5.74, 6) is 0.945. The maximum atomic E-state index is 12.2. The molecule has 7 nitrogen and oxygen atoms in total. The standard InChI is InChI=1S/C19H15N5O2S/c25-18(14-12-27-19(24-14)17-21-8-3-9-22-17)23-10-11-26-15-6-1-4-13-5-2-7-20-16(13)15/h1-9,12H,10-11H2,(H,23,25). The highest BCUT2D eigenvalue weighted by molar-refractivity contribution is 7.13. The van der Waals surface area contributed by atoms with E-state index >= 15 is 0 Å². The molecule has 0 fully saturated rings. The summed E-state index contributed by atoms with van der Waals surface area (Å²) in [5, 5.41) is 6.11. The van der Waals surface area contributed by atoms with Gasteiger partial charge in [0.2, 0.25) is 0 Å². The van der Waals surface area contributed by atoms with Crippen LogP contribution in [0.2, 0.25) is 0 Å². The van der Waals surface area contributed by atoms with Gasteiger partial charge in [0.1, 0.15) is 23.6 Å². The van der Waals surface area contributed by atoms with Gasteiger partial charge in [0.25, 0.3) is 5.91 Å². The molecular formula is C19H15N5O2S. The number of nitrogens with one attached hydrogen (secondary N) is 1. The van der Waals surface area contributed by atoms with Crippen LogP contribution < -0.4 is 10.1 Å². The van der Waals surface area contributed by atoms with Gasteiger partial charge in [-0.25, -0.2) is 15.0 Å². The first-order valence-corrected chi connectivity index (χ1v) is 9.17. The van der Waals surface area contributed by atoms with Crippen molar-refractivity contribution in [3.8, 4) is 16.6 Å². The van der Waals surface area contributed by atoms with Crippen molar-refractivity contribution in [1.82, 2.24) is 25.3 Å². The van der Waals surface area contributed by atoms with Gasteiger partial charge in [-0.1, -0.05) is 18.2 Å². The minimum Gasteiger partial charge on any atom is -0.489 e. The first-order chi connectivity index (χ1) is 13.3. The maximum Gasteiger partial charge on any atom is 0.270 e. The van der Waals surface area contributed by atoms with Gasteiger partial charge < -0.3 is 10.1 Å². The van der Waals surface area contributed by atoms with Crippen LogP contribution in [0.3, 0.4) is 0 Å². The van der Waals surface area contributed by atoms with E-state index in [9.17, 15) is 4.79 Å². The van der Waals surface area contributed by atoms with Crippen molar-refractivity contribution in [2.45, 2.75) is 0 Å². The third-order valence-electron chi connectivity index (χ3n) is 3.73. The molecule has 3 aromatic heterocycles. The Kier molecular flexibility index (Phi) is 4.97. The number of carbonyl (C=O) groups is 1. The second-order valence-electron chi connectivity index (χ2n) is 5.55. The van der Waals surface area contributed by atoms with E-state index in [0.717, 1.165) is 10.9 Å². The lowest BCUT2D eigenvalue weighted by atomic mass is 10.2. The van der Waals surface area contributed by atoms with E-state index in [4.69, 9.17) is 4.74 Å². The van der Waals surface area contributed by atoms with E-state index in [1.54, 1.807) is 30.0 Å². The number of hydrogen-bond donors (Lipinski definition) is 1. The smallest absolute Gasteiger partial charge is 0.270 e. The molecule has 3 heterocycles. The van der Waals surface area contributed by atoms with Crippen LogP contribution in [0.25, 0.3) is 21.7 Å². The van der Waals surface area contributed by atoms with Crippen LogP contribution in [0, 0.1) is 0 Å². The summed E-state index contributed by atoms with van der Waals surface area (Å²) < 4.78 is 5.77. The van der Waals surface area contributed by atoms with Gasteiger partial charge >= 0.3 is 0 Å². The predicted octanol–water partition coefficient (Wildman–Crippen LogP) is 2.96. The largest absolute Gasteiger partial charge is 0.489 e. The minimum absolute atomic E-state index is 0.256. The van der Waals surface area contributed by atoms with Crippen LogP contribution in [0.5, 0.6) is 5.75 Å². The van der Waals surface area contributed by atoms with E-state index in [2.05, 4.69) is 25.3 Å². The molecule has 0 unspecified atom stereocenters. The molecule has 1 N–H and O–H groups in total. The number of amides is 1. The van der Waals surface area contributed by atoms with Gasteiger partial charge in [-0.2, -0.15) is 0 Å². The Bertz CT molecular complexity index is 1060. The Labute approximate surface area is 159 Å². The molecule has 134 valence electrons. The topological polar surface area (TPSA) is 89.9 Å². The molecule has 0 saturated heterocycles. The third-order valence-corrected chi connectivity index (χ3v) is 4.57. The zero-order chi connectivity index (χ0) is 18.5. The van der Waals surface area contributed by atoms with Crippen molar-refractivity contribution in [2.24, 2.45) is 0 Å². The van der Waals surface area contributed by atoms with Crippen molar-refractivity contribution in [1.29, 1.82) is 0 Å². The van der Waals surface area contributed by atoms with E-state index in [0.29, 0.717) is 35.4 Å². The molecule has 1 aromatic carbocycles. The van der Waals surface area contributed by atoms with E-state index in [-0.39, 0.29) is 5.91 Å². The van der Waals surface area contributed by atoms with Crippen LogP contribution in [0.15, 0.2) is 60.4 Å². The zero-order valence-electron chi connectivity index (χ0n) is 14.2. The number of hydrogen-bond acceptors (Lipinski definition) is 7. The number of thiazole rings is 1. The van der Waals surface area contributed by atoms with Crippen LogP contribution in [-0.4, -0.2) is 39.0 Å². The summed E-state index contributed by atoms with van der Waals surface area (Å²) in [6.45, 7) is 0.691. The normalized spacial score (nSPS) is 10.7. The molecule has 0 saturated carbocycles. The molecule has 0 aliphatic rings. The first kappa shape index (κ1) is 17.0. The lowest BCUT2D eigenvalue weighted by molar-refractivity contribution is 0.0943. The van der Waals surface area contributed by atoms with Crippen LogP contribution in [-0.2, 0) is 0 Å². The van der Waals surface area contributed by atoms with Crippen LogP contribution in [0.1, 0.15) is 10.5 Å². The number of fused-ring (bicyclic) bond motifs is 1. The molecule has 0 radical (unpaired) electrons. The monoisotopic (exact) mass is 377 g/mol.